The van der Waals surface area contributed by atoms with Gasteiger partial charge in [-0.1, -0.05) is 164 Å². The number of unbranched alkanes of at least 4 members (excludes halogenated alkanes) is 14. The van der Waals surface area contributed by atoms with Crippen LogP contribution in [0.1, 0.15) is 139 Å². The van der Waals surface area contributed by atoms with Crippen LogP contribution in [-0.4, -0.2) is 13.1 Å². The van der Waals surface area contributed by atoms with E-state index in [9.17, 15) is 0 Å². The third kappa shape index (κ3) is 15.0. The van der Waals surface area contributed by atoms with Gasteiger partial charge >= 0.3 is 0 Å². The van der Waals surface area contributed by atoms with Crippen LogP contribution in [0.25, 0.3) is 24.3 Å². The Hall–Kier alpha value is -3.13. The van der Waals surface area contributed by atoms with Gasteiger partial charge < -0.3 is 4.90 Å². The molecule has 0 atom stereocenters. The maximum atomic E-state index is 2.66. The van der Waals surface area contributed by atoms with E-state index >= 15 is 0 Å². The number of rotatable bonds is 23. The van der Waals surface area contributed by atoms with Gasteiger partial charge in [-0.05, 0) is 47.2 Å². The molecule has 44 heavy (non-hydrogen) atoms. The Morgan fingerprint density at radius 2 is 0.750 bits per heavy atom. The minimum absolute atomic E-state index is 1.18. The number of benzene rings is 2. The molecule has 0 spiro atoms. The molecular formula is C42H61N2+. The average Bonchev–Trinajstić information content (AvgIpc) is 3.05. The predicted octanol–water partition coefficient (Wildman–Crippen LogP) is 11.9. The molecule has 3 rings (SSSR count). The molecule has 0 saturated heterocycles. The first kappa shape index (κ1) is 35.4. The van der Waals surface area contributed by atoms with Gasteiger partial charge in [0.05, 0.1) is 0 Å². The van der Waals surface area contributed by atoms with Crippen LogP contribution in [0.4, 0.5) is 5.69 Å². The van der Waals surface area contributed by atoms with Crippen molar-refractivity contribution in [2.24, 2.45) is 7.05 Å². The fourth-order valence-corrected chi connectivity index (χ4v) is 5.77. The Balaban J connectivity index is 1.49. The van der Waals surface area contributed by atoms with Crippen LogP contribution in [0.5, 0.6) is 0 Å². The van der Waals surface area contributed by atoms with E-state index < -0.39 is 0 Å². The molecule has 0 aliphatic heterocycles. The van der Waals surface area contributed by atoms with Gasteiger partial charge in [-0.25, -0.2) is 4.57 Å². The van der Waals surface area contributed by atoms with Crippen molar-refractivity contribution in [3.05, 3.63) is 95.3 Å². The van der Waals surface area contributed by atoms with Crippen LogP contribution in [0, 0.1) is 0 Å². The zero-order valence-corrected chi connectivity index (χ0v) is 28.4. The summed E-state index contributed by atoms with van der Waals surface area (Å²) in [6.07, 6.45) is 35.0. The van der Waals surface area contributed by atoms with Crippen molar-refractivity contribution >= 4 is 30.0 Å². The largest absolute Gasteiger partial charge is 0.372 e. The van der Waals surface area contributed by atoms with E-state index in [0.717, 1.165) is 0 Å². The molecule has 2 aromatic carbocycles. The monoisotopic (exact) mass is 593 g/mol. The number of hydrogen-bond acceptors (Lipinski definition) is 1. The molecule has 0 bridgehead atoms. The molecule has 2 heteroatoms. The van der Waals surface area contributed by atoms with E-state index in [1.54, 1.807) is 0 Å². The molecule has 1 aromatic heterocycles. The fourth-order valence-electron chi connectivity index (χ4n) is 5.77. The van der Waals surface area contributed by atoms with E-state index in [-0.39, 0.29) is 0 Å². The number of nitrogens with zero attached hydrogens (tertiary/aromatic N) is 2. The third-order valence-electron chi connectivity index (χ3n) is 8.70. The van der Waals surface area contributed by atoms with Crippen molar-refractivity contribution in [2.75, 3.05) is 18.0 Å². The van der Waals surface area contributed by atoms with Gasteiger partial charge in [0, 0.05) is 30.9 Å². The van der Waals surface area contributed by atoms with Gasteiger partial charge in [-0.2, -0.15) is 0 Å². The van der Waals surface area contributed by atoms with Crippen LogP contribution in [0.3, 0.4) is 0 Å². The van der Waals surface area contributed by atoms with Gasteiger partial charge in [-0.3, -0.25) is 0 Å². The fraction of sp³-hybridized carbons (Fsp3) is 0.500. The molecule has 1 heterocycles. The number of pyridine rings is 1. The summed E-state index contributed by atoms with van der Waals surface area (Å²) in [5.41, 5.74) is 6.30. The molecule has 3 aromatic rings. The number of hydrogen-bond donors (Lipinski definition) is 0. The molecule has 0 aliphatic rings. The highest BCUT2D eigenvalue weighted by Gasteiger charge is 2.07. The van der Waals surface area contributed by atoms with Crippen molar-refractivity contribution in [3.8, 4) is 0 Å². The standard InChI is InChI=1S/C42H61N2/c1-4-6-8-10-12-14-16-18-34-44(35-19-17-15-13-11-9-7-5-2)42-30-28-40(29-31-42)25-24-38-20-22-39(23-21-38)26-27-41-32-36-43(3)37-33-41/h20-33,36-37H,4-19,34-35H2,1-3H3/q+1. The third-order valence-corrected chi connectivity index (χ3v) is 8.70. The van der Waals surface area contributed by atoms with E-state index in [0.29, 0.717) is 0 Å². The summed E-state index contributed by atoms with van der Waals surface area (Å²) < 4.78 is 2.05. The Kier molecular flexibility index (Phi) is 18.0. The summed E-state index contributed by atoms with van der Waals surface area (Å²) in [5.74, 6) is 0. The van der Waals surface area contributed by atoms with Gasteiger partial charge in [0.2, 0.25) is 0 Å². The minimum atomic E-state index is 1.18. The van der Waals surface area contributed by atoms with Gasteiger partial charge in [-0.15, -0.1) is 0 Å². The Bertz CT molecular complexity index is 1150. The quantitative estimate of drug-likeness (QED) is 0.0602. The van der Waals surface area contributed by atoms with Crippen LogP contribution in [0.2, 0.25) is 0 Å². The summed E-state index contributed by atoms with van der Waals surface area (Å²) in [7, 11) is 2.04. The molecule has 238 valence electrons. The highest BCUT2D eigenvalue weighted by Crippen LogP contribution is 2.20. The average molecular weight is 594 g/mol. The summed E-state index contributed by atoms with van der Waals surface area (Å²) in [5, 5.41) is 0. The summed E-state index contributed by atoms with van der Waals surface area (Å²) in [4.78, 5) is 2.66. The van der Waals surface area contributed by atoms with Crippen molar-refractivity contribution in [1.29, 1.82) is 0 Å². The lowest BCUT2D eigenvalue weighted by atomic mass is 10.1. The van der Waals surface area contributed by atoms with Crippen LogP contribution < -0.4 is 9.47 Å². The van der Waals surface area contributed by atoms with Gasteiger partial charge in [0.15, 0.2) is 12.4 Å². The summed E-state index contributed by atoms with van der Waals surface area (Å²) >= 11 is 0. The predicted molar refractivity (Wildman–Crippen MR) is 196 cm³/mol. The van der Waals surface area contributed by atoms with E-state index in [1.165, 1.54) is 144 Å². The first-order valence-corrected chi connectivity index (χ1v) is 17.9. The molecule has 0 saturated carbocycles. The Morgan fingerprint density at radius 3 is 1.14 bits per heavy atom. The lowest BCUT2D eigenvalue weighted by Crippen LogP contribution is -2.25. The summed E-state index contributed by atoms with van der Waals surface area (Å²) in [6, 6.07) is 22.3. The molecule has 0 radical (unpaired) electrons. The number of anilines is 1. The van der Waals surface area contributed by atoms with E-state index in [4.69, 9.17) is 0 Å². The van der Waals surface area contributed by atoms with Crippen molar-refractivity contribution in [2.45, 2.75) is 117 Å². The highest BCUT2D eigenvalue weighted by atomic mass is 15.1. The smallest absolute Gasteiger partial charge is 0.169 e. The molecule has 0 N–H and O–H groups in total. The number of aromatic nitrogens is 1. The first-order valence-electron chi connectivity index (χ1n) is 17.9. The van der Waals surface area contributed by atoms with Crippen LogP contribution in [0.15, 0.2) is 73.1 Å². The maximum Gasteiger partial charge on any atom is 0.169 e. The van der Waals surface area contributed by atoms with E-state index in [2.05, 4.69) is 121 Å². The molecular weight excluding hydrogens is 532 g/mol. The summed E-state index contributed by atoms with van der Waals surface area (Å²) in [6.45, 7) is 6.97. The lowest BCUT2D eigenvalue weighted by Gasteiger charge is -2.25. The number of aryl methyl sites for hydroxylation is 1. The second-order valence-corrected chi connectivity index (χ2v) is 12.7. The zero-order valence-electron chi connectivity index (χ0n) is 28.4. The van der Waals surface area contributed by atoms with Gasteiger partial charge in [0.1, 0.15) is 7.05 Å². The Labute approximate surface area is 270 Å². The molecule has 2 nitrogen and oxygen atoms in total. The topological polar surface area (TPSA) is 7.12 Å². The molecule has 0 amide bonds. The molecule has 0 aliphatic carbocycles. The van der Waals surface area contributed by atoms with Crippen molar-refractivity contribution in [3.63, 3.8) is 0 Å². The van der Waals surface area contributed by atoms with E-state index in [1.807, 2.05) is 7.05 Å². The van der Waals surface area contributed by atoms with Crippen LogP contribution in [-0.2, 0) is 7.05 Å². The first-order chi connectivity index (χ1) is 21.7. The van der Waals surface area contributed by atoms with Gasteiger partial charge in [0.25, 0.3) is 0 Å². The maximum absolute atomic E-state index is 2.66. The normalized spacial score (nSPS) is 11.6. The minimum Gasteiger partial charge on any atom is -0.372 e. The lowest BCUT2D eigenvalue weighted by molar-refractivity contribution is -0.671. The second-order valence-electron chi connectivity index (χ2n) is 12.7. The van der Waals surface area contributed by atoms with Crippen LogP contribution >= 0.6 is 0 Å². The highest BCUT2D eigenvalue weighted by molar-refractivity contribution is 5.73. The molecule has 0 fully saturated rings. The SMILES string of the molecule is CCCCCCCCCCN(CCCCCCCCCC)c1ccc(/C=C/c2ccc(/C=C/c3cc[n+](C)cc3)cc2)cc1. The second kappa shape index (κ2) is 22.4. The Morgan fingerprint density at radius 1 is 0.432 bits per heavy atom. The van der Waals surface area contributed by atoms with Crippen molar-refractivity contribution in [1.82, 2.24) is 0 Å². The molecule has 0 unspecified atom stereocenters. The van der Waals surface area contributed by atoms with Crippen molar-refractivity contribution < 1.29 is 4.57 Å². The zero-order chi connectivity index (χ0) is 31.1.